The lowest BCUT2D eigenvalue weighted by Crippen LogP contribution is -2.60. The summed E-state index contributed by atoms with van der Waals surface area (Å²) in [5, 5.41) is 12.4. The molecule has 0 aromatic heterocycles. The predicted octanol–water partition coefficient (Wildman–Crippen LogP) is 0.138. The van der Waals surface area contributed by atoms with E-state index in [9.17, 15) is 18.3 Å². The third-order valence-electron chi connectivity index (χ3n) is 3.15. The van der Waals surface area contributed by atoms with Crippen LogP contribution in [0.15, 0.2) is 24.3 Å². The van der Waals surface area contributed by atoms with Crippen molar-refractivity contribution in [2.45, 2.75) is 18.9 Å². The molecule has 2 rings (SSSR count). The van der Waals surface area contributed by atoms with E-state index in [4.69, 9.17) is 0 Å². The number of aliphatic hydroxyl groups is 1. The van der Waals surface area contributed by atoms with Gasteiger partial charge in [0.2, 0.25) is 0 Å². The predicted molar refractivity (Wildman–Crippen MR) is 71.8 cm³/mol. The van der Waals surface area contributed by atoms with Crippen LogP contribution in [-0.2, 0) is 16.3 Å². The van der Waals surface area contributed by atoms with Gasteiger partial charge < -0.3 is 10.4 Å². The molecule has 0 atom stereocenters. The van der Waals surface area contributed by atoms with Gasteiger partial charge in [0.1, 0.15) is 5.60 Å². The van der Waals surface area contributed by atoms with Gasteiger partial charge in [-0.1, -0.05) is 19.1 Å². The first-order valence-corrected chi connectivity index (χ1v) is 7.96. The van der Waals surface area contributed by atoms with Crippen LogP contribution in [0.3, 0.4) is 0 Å². The van der Waals surface area contributed by atoms with E-state index >= 15 is 0 Å². The van der Waals surface area contributed by atoms with Crippen LogP contribution in [0.25, 0.3) is 0 Å². The Hall–Kier alpha value is -1.40. The number of hydrogen-bond acceptors (Lipinski definition) is 4. The molecule has 1 aliphatic rings. The number of nitrogens with one attached hydrogen (secondary N) is 1. The van der Waals surface area contributed by atoms with Gasteiger partial charge in [-0.25, -0.2) is 8.42 Å². The maximum atomic E-state index is 11.9. The molecule has 0 radical (unpaired) electrons. The van der Waals surface area contributed by atoms with E-state index < -0.39 is 15.4 Å². The van der Waals surface area contributed by atoms with Crippen LogP contribution >= 0.6 is 0 Å². The lowest BCUT2D eigenvalue weighted by Gasteiger charge is -2.35. The second-order valence-electron chi connectivity index (χ2n) is 4.99. The number of carbonyl (C=O) groups excluding carboxylic acids is 1. The summed E-state index contributed by atoms with van der Waals surface area (Å²) in [4.78, 5) is 11.9. The molecule has 5 nitrogen and oxygen atoms in total. The van der Waals surface area contributed by atoms with Gasteiger partial charge in [-0.05, 0) is 24.1 Å². The van der Waals surface area contributed by atoms with E-state index in [-0.39, 0.29) is 24.0 Å². The van der Waals surface area contributed by atoms with Gasteiger partial charge in [-0.2, -0.15) is 0 Å². The van der Waals surface area contributed by atoms with Crippen molar-refractivity contribution in [3.05, 3.63) is 35.4 Å². The van der Waals surface area contributed by atoms with Crippen LogP contribution in [-0.4, -0.2) is 43.1 Å². The Morgan fingerprint density at radius 3 is 2.68 bits per heavy atom. The summed E-state index contributed by atoms with van der Waals surface area (Å²) >= 11 is 0. The molecule has 1 saturated heterocycles. The van der Waals surface area contributed by atoms with Gasteiger partial charge in [0.15, 0.2) is 9.84 Å². The van der Waals surface area contributed by atoms with E-state index in [1.165, 1.54) is 0 Å². The number of aryl methyl sites for hydroxylation is 1. The standard InChI is InChI=1S/C13H17NO4S/c1-2-10-4-3-5-11(6-10)12(15)14-7-13(16)8-19(17,18)9-13/h3-6,16H,2,7-9H2,1H3,(H,14,15). The van der Waals surface area contributed by atoms with E-state index in [1.54, 1.807) is 18.2 Å². The highest BCUT2D eigenvalue weighted by Gasteiger charge is 2.47. The summed E-state index contributed by atoms with van der Waals surface area (Å²) in [6, 6.07) is 7.21. The zero-order chi connectivity index (χ0) is 14.1. The van der Waals surface area contributed by atoms with Crippen molar-refractivity contribution < 1.29 is 18.3 Å². The SMILES string of the molecule is CCc1cccc(C(=O)NCC2(O)CS(=O)(=O)C2)c1. The number of benzene rings is 1. The zero-order valence-corrected chi connectivity index (χ0v) is 11.5. The van der Waals surface area contributed by atoms with Crippen LogP contribution in [0, 0.1) is 0 Å². The number of rotatable bonds is 4. The molecule has 0 bridgehead atoms. The normalized spacial score (nSPS) is 19.5. The molecular weight excluding hydrogens is 266 g/mol. The second-order valence-corrected chi connectivity index (χ2v) is 7.06. The maximum Gasteiger partial charge on any atom is 0.251 e. The number of sulfone groups is 1. The summed E-state index contributed by atoms with van der Waals surface area (Å²) < 4.78 is 22.1. The fraction of sp³-hybridized carbons (Fsp3) is 0.462. The van der Waals surface area contributed by atoms with Crippen LogP contribution in [0.4, 0.5) is 0 Å². The van der Waals surface area contributed by atoms with Crippen molar-refractivity contribution in [3.63, 3.8) is 0 Å². The Morgan fingerprint density at radius 1 is 1.42 bits per heavy atom. The maximum absolute atomic E-state index is 11.9. The minimum Gasteiger partial charge on any atom is -0.386 e. The molecule has 1 heterocycles. The van der Waals surface area contributed by atoms with Gasteiger partial charge in [-0.3, -0.25) is 4.79 Å². The Morgan fingerprint density at radius 2 is 2.11 bits per heavy atom. The molecule has 19 heavy (non-hydrogen) atoms. The first-order valence-electron chi connectivity index (χ1n) is 6.13. The van der Waals surface area contributed by atoms with Crippen molar-refractivity contribution in [1.82, 2.24) is 5.32 Å². The summed E-state index contributed by atoms with van der Waals surface area (Å²) in [6.07, 6.45) is 0.837. The fourth-order valence-corrected chi connectivity index (χ4v) is 3.91. The average molecular weight is 283 g/mol. The van der Waals surface area contributed by atoms with Crippen molar-refractivity contribution >= 4 is 15.7 Å². The molecule has 1 amide bonds. The van der Waals surface area contributed by atoms with Crippen LogP contribution in [0.1, 0.15) is 22.8 Å². The van der Waals surface area contributed by atoms with Crippen molar-refractivity contribution in [3.8, 4) is 0 Å². The van der Waals surface area contributed by atoms with Crippen molar-refractivity contribution in [2.24, 2.45) is 0 Å². The largest absolute Gasteiger partial charge is 0.386 e. The smallest absolute Gasteiger partial charge is 0.251 e. The lowest BCUT2D eigenvalue weighted by molar-refractivity contribution is 0.0634. The average Bonchev–Trinajstić information content (AvgIpc) is 2.33. The molecule has 1 aromatic carbocycles. The Balaban J connectivity index is 1.95. The highest BCUT2D eigenvalue weighted by molar-refractivity contribution is 7.93. The number of amides is 1. The molecule has 0 aliphatic carbocycles. The summed E-state index contributed by atoms with van der Waals surface area (Å²) in [6.45, 7) is 1.96. The summed E-state index contributed by atoms with van der Waals surface area (Å²) in [5.41, 5.74) is 0.263. The third kappa shape index (κ3) is 3.33. The Kier molecular flexibility index (Phi) is 3.64. The molecule has 1 aliphatic heterocycles. The minimum absolute atomic E-state index is 0.0403. The fourth-order valence-electron chi connectivity index (χ4n) is 2.16. The highest BCUT2D eigenvalue weighted by atomic mass is 32.2. The third-order valence-corrected chi connectivity index (χ3v) is 5.11. The minimum atomic E-state index is -3.11. The van der Waals surface area contributed by atoms with E-state index in [0.29, 0.717) is 5.56 Å². The van der Waals surface area contributed by atoms with Crippen LogP contribution < -0.4 is 5.32 Å². The van der Waals surface area contributed by atoms with E-state index in [1.807, 2.05) is 13.0 Å². The second kappa shape index (κ2) is 4.94. The van der Waals surface area contributed by atoms with Crippen LogP contribution in [0.5, 0.6) is 0 Å². The van der Waals surface area contributed by atoms with Crippen molar-refractivity contribution in [2.75, 3.05) is 18.1 Å². The quantitative estimate of drug-likeness (QED) is 0.823. The summed E-state index contributed by atoms with van der Waals surface area (Å²) in [7, 11) is -3.11. The molecule has 104 valence electrons. The molecular formula is C13H17NO4S. The molecule has 0 saturated carbocycles. The molecule has 1 aromatic rings. The van der Waals surface area contributed by atoms with E-state index in [0.717, 1.165) is 12.0 Å². The first kappa shape index (κ1) is 14.0. The molecule has 0 unspecified atom stereocenters. The molecule has 0 spiro atoms. The van der Waals surface area contributed by atoms with Gasteiger partial charge in [0, 0.05) is 12.1 Å². The Bertz CT molecular complexity index is 582. The van der Waals surface area contributed by atoms with Gasteiger partial charge in [0.05, 0.1) is 11.5 Å². The Labute approximate surface area is 112 Å². The first-order chi connectivity index (χ1) is 8.84. The number of hydrogen-bond donors (Lipinski definition) is 2. The zero-order valence-electron chi connectivity index (χ0n) is 10.7. The topological polar surface area (TPSA) is 83.5 Å². The van der Waals surface area contributed by atoms with E-state index in [2.05, 4.69) is 5.32 Å². The summed E-state index contributed by atoms with van der Waals surface area (Å²) in [5.74, 6) is -0.863. The molecule has 6 heteroatoms. The van der Waals surface area contributed by atoms with Gasteiger partial charge in [0.25, 0.3) is 5.91 Å². The molecule has 1 fully saturated rings. The lowest BCUT2D eigenvalue weighted by atomic mass is 10.1. The van der Waals surface area contributed by atoms with Gasteiger partial charge >= 0.3 is 0 Å². The number of carbonyl (C=O) groups is 1. The van der Waals surface area contributed by atoms with Crippen molar-refractivity contribution in [1.29, 1.82) is 0 Å². The van der Waals surface area contributed by atoms with Gasteiger partial charge in [-0.15, -0.1) is 0 Å². The van der Waals surface area contributed by atoms with Crippen LogP contribution in [0.2, 0.25) is 0 Å². The highest BCUT2D eigenvalue weighted by Crippen LogP contribution is 2.22. The molecule has 2 N–H and O–H groups in total. The monoisotopic (exact) mass is 283 g/mol.